The van der Waals surface area contributed by atoms with Crippen molar-refractivity contribution >= 4 is 23.4 Å². The van der Waals surface area contributed by atoms with Crippen molar-refractivity contribution < 1.29 is 0 Å². The molecule has 3 heteroatoms. The van der Waals surface area contributed by atoms with E-state index in [0.29, 0.717) is 5.38 Å². The summed E-state index contributed by atoms with van der Waals surface area (Å²) in [5, 5.41) is 4.47. The van der Waals surface area contributed by atoms with E-state index in [0.717, 1.165) is 23.6 Å². The Morgan fingerprint density at radius 1 is 1.47 bits per heavy atom. The van der Waals surface area contributed by atoms with Gasteiger partial charge in [0, 0.05) is 17.2 Å². The van der Waals surface area contributed by atoms with Crippen LogP contribution in [-0.4, -0.2) is 30.5 Å². The van der Waals surface area contributed by atoms with E-state index < -0.39 is 0 Å². The second-order valence-corrected chi connectivity index (χ2v) is 6.41. The fourth-order valence-electron chi connectivity index (χ4n) is 2.63. The number of halogens is 1. The van der Waals surface area contributed by atoms with Crippen LogP contribution in [0.4, 0.5) is 0 Å². The van der Waals surface area contributed by atoms with E-state index >= 15 is 0 Å². The van der Waals surface area contributed by atoms with E-state index in [-0.39, 0.29) is 0 Å². The van der Waals surface area contributed by atoms with Crippen LogP contribution in [0.2, 0.25) is 0 Å². The number of hydrogen-bond acceptors (Lipinski definition) is 2. The van der Waals surface area contributed by atoms with Gasteiger partial charge in [-0.1, -0.05) is 19.8 Å². The van der Waals surface area contributed by atoms with Crippen LogP contribution < -0.4 is 5.32 Å². The maximum absolute atomic E-state index is 6.26. The van der Waals surface area contributed by atoms with Crippen LogP contribution in [0.5, 0.6) is 0 Å². The average molecular weight is 250 g/mol. The smallest absolute Gasteiger partial charge is 0.0338 e. The van der Waals surface area contributed by atoms with E-state index in [1.165, 1.54) is 25.7 Å². The zero-order valence-corrected chi connectivity index (χ0v) is 11.7. The molecule has 0 amide bonds. The van der Waals surface area contributed by atoms with Gasteiger partial charge in [0.1, 0.15) is 0 Å². The zero-order valence-electron chi connectivity index (χ0n) is 10.1. The number of rotatable bonds is 5. The molecule has 1 fully saturated rings. The fraction of sp³-hybridized carbons (Fsp3) is 1.00. The Bertz CT molecular complexity index is 177. The number of hydrogen-bond donors (Lipinski definition) is 1. The van der Waals surface area contributed by atoms with E-state index in [4.69, 9.17) is 11.6 Å². The molecular formula is C12H24ClNS. The lowest BCUT2D eigenvalue weighted by Crippen LogP contribution is -2.33. The number of nitrogens with one attached hydrogen (secondary N) is 1. The summed E-state index contributed by atoms with van der Waals surface area (Å²) in [6, 6.07) is 0. The van der Waals surface area contributed by atoms with Crippen LogP contribution in [-0.2, 0) is 0 Å². The van der Waals surface area contributed by atoms with Crippen molar-refractivity contribution in [3.63, 3.8) is 0 Å². The van der Waals surface area contributed by atoms with Crippen molar-refractivity contribution in [1.29, 1.82) is 0 Å². The highest BCUT2D eigenvalue weighted by Gasteiger charge is 2.29. The molecular weight excluding hydrogens is 226 g/mol. The van der Waals surface area contributed by atoms with Gasteiger partial charge in [-0.3, -0.25) is 0 Å². The lowest BCUT2D eigenvalue weighted by Gasteiger charge is -2.34. The molecule has 0 aromatic carbocycles. The van der Waals surface area contributed by atoms with Gasteiger partial charge in [-0.2, -0.15) is 11.8 Å². The number of thioether (sulfide) groups is 1. The van der Waals surface area contributed by atoms with Gasteiger partial charge in [-0.05, 0) is 38.0 Å². The molecule has 0 aliphatic heterocycles. The molecule has 90 valence electrons. The summed E-state index contributed by atoms with van der Waals surface area (Å²) in [6.45, 7) is 3.52. The molecule has 0 heterocycles. The van der Waals surface area contributed by atoms with E-state index in [9.17, 15) is 0 Å². The molecule has 15 heavy (non-hydrogen) atoms. The van der Waals surface area contributed by atoms with Crippen molar-refractivity contribution in [3.8, 4) is 0 Å². The van der Waals surface area contributed by atoms with Gasteiger partial charge in [0.2, 0.25) is 0 Å². The highest BCUT2D eigenvalue weighted by molar-refractivity contribution is 7.99. The van der Waals surface area contributed by atoms with Gasteiger partial charge in [-0.25, -0.2) is 0 Å². The van der Waals surface area contributed by atoms with Crippen LogP contribution in [0.25, 0.3) is 0 Å². The topological polar surface area (TPSA) is 12.0 Å². The Morgan fingerprint density at radius 2 is 2.20 bits per heavy atom. The monoisotopic (exact) mass is 249 g/mol. The average Bonchev–Trinajstić information content (AvgIpc) is 2.25. The maximum Gasteiger partial charge on any atom is 0.0338 e. The summed E-state index contributed by atoms with van der Waals surface area (Å²) in [7, 11) is 2.04. The molecule has 4 unspecified atom stereocenters. The van der Waals surface area contributed by atoms with Gasteiger partial charge in [0.25, 0.3) is 0 Å². The Kier molecular flexibility index (Phi) is 6.40. The second kappa shape index (κ2) is 7.03. The van der Waals surface area contributed by atoms with Gasteiger partial charge >= 0.3 is 0 Å². The molecule has 1 aliphatic carbocycles. The first kappa shape index (κ1) is 13.7. The summed E-state index contributed by atoms with van der Waals surface area (Å²) in [4.78, 5) is 0. The van der Waals surface area contributed by atoms with Crippen LogP contribution >= 0.6 is 23.4 Å². The molecule has 1 rings (SSSR count). The SMILES string of the molecule is CNCC(SC)C(C)C1CCCC(Cl)C1. The molecule has 0 radical (unpaired) electrons. The van der Waals surface area contributed by atoms with Crippen molar-refractivity contribution in [1.82, 2.24) is 5.32 Å². The molecule has 1 aliphatic rings. The molecule has 0 aromatic rings. The van der Waals surface area contributed by atoms with Gasteiger partial charge < -0.3 is 5.32 Å². The molecule has 0 aromatic heterocycles. The summed E-state index contributed by atoms with van der Waals surface area (Å²) in [6.07, 6.45) is 7.37. The van der Waals surface area contributed by atoms with Crippen LogP contribution in [0, 0.1) is 11.8 Å². The molecule has 0 bridgehead atoms. The second-order valence-electron chi connectivity index (χ2n) is 4.71. The first-order chi connectivity index (χ1) is 7.19. The lowest BCUT2D eigenvalue weighted by molar-refractivity contribution is 0.260. The van der Waals surface area contributed by atoms with Crippen molar-refractivity contribution in [2.24, 2.45) is 11.8 Å². The van der Waals surface area contributed by atoms with E-state index in [1.807, 2.05) is 18.8 Å². The fourth-order valence-corrected chi connectivity index (χ4v) is 4.00. The lowest BCUT2D eigenvalue weighted by atomic mass is 9.79. The molecule has 0 spiro atoms. The van der Waals surface area contributed by atoms with Crippen molar-refractivity contribution in [3.05, 3.63) is 0 Å². The Balaban J connectivity index is 2.45. The van der Waals surface area contributed by atoms with Gasteiger partial charge in [0.15, 0.2) is 0 Å². The van der Waals surface area contributed by atoms with Crippen LogP contribution in [0.1, 0.15) is 32.6 Å². The van der Waals surface area contributed by atoms with Gasteiger partial charge in [0.05, 0.1) is 0 Å². The Labute approximate surface area is 104 Å². The van der Waals surface area contributed by atoms with Crippen LogP contribution in [0.3, 0.4) is 0 Å². The quantitative estimate of drug-likeness (QED) is 0.750. The van der Waals surface area contributed by atoms with E-state index in [1.54, 1.807) is 0 Å². The number of alkyl halides is 1. The highest BCUT2D eigenvalue weighted by atomic mass is 35.5. The highest BCUT2D eigenvalue weighted by Crippen LogP contribution is 2.36. The molecule has 1 saturated carbocycles. The molecule has 1 N–H and O–H groups in total. The summed E-state index contributed by atoms with van der Waals surface area (Å²) in [5.74, 6) is 1.63. The largest absolute Gasteiger partial charge is 0.319 e. The maximum atomic E-state index is 6.26. The molecule has 0 saturated heterocycles. The van der Waals surface area contributed by atoms with Crippen molar-refractivity contribution in [2.75, 3.05) is 19.8 Å². The van der Waals surface area contributed by atoms with E-state index in [2.05, 4.69) is 18.5 Å². The Morgan fingerprint density at radius 3 is 2.73 bits per heavy atom. The predicted molar refractivity (Wildman–Crippen MR) is 72.0 cm³/mol. The third kappa shape index (κ3) is 4.16. The summed E-state index contributed by atoms with van der Waals surface area (Å²) >= 11 is 8.25. The third-order valence-corrected chi connectivity index (χ3v) is 5.29. The summed E-state index contributed by atoms with van der Waals surface area (Å²) < 4.78 is 0. The minimum absolute atomic E-state index is 0.434. The first-order valence-corrected chi connectivity index (χ1v) is 7.73. The van der Waals surface area contributed by atoms with Crippen molar-refractivity contribution in [2.45, 2.75) is 43.2 Å². The standard InChI is InChI=1S/C12H24ClNS/c1-9(12(15-3)8-14-2)10-5-4-6-11(13)7-10/h9-12,14H,4-8H2,1-3H3. The minimum atomic E-state index is 0.434. The predicted octanol–water partition coefficient (Wildman–Crippen LogP) is 3.37. The Hall–Kier alpha value is 0.600. The molecule has 4 atom stereocenters. The normalized spacial score (nSPS) is 31.2. The van der Waals surface area contributed by atoms with Crippen LogP contribution in [0.15, 0.2) is 0 Å². The first-order valence-electron chi connectivity index (χ1n) is 6.00. The molecule has 1 nitrogen and oxygen atoms in total. The summed E-state index contributed by atoms with van der Waals surface area (Å²) in [5.41, 5.74) is 0. The van der Waals surface area contributed by atoms with Gasteiger partial charge in [-0.15, -0.1) is 11.6 Å². The third-order valence-electron chi connectivity index (χ3n) is 3.69. The minimum Gasteiger partial charge on any atom is -0.319 e. The zero-order chi connectivity index (χ0) is 11.3.